The van der Waals surface area contributed by atoms with Crippen LogP contribution in [0.5, 0.6) is 0 Å². The second-order valence-corrected chi connectivity index (χ2v) is 7.95. The minimum absolute atomic E-state index is 0.00933. The van der Waals surface area contributed by atoms with Crippen molar-refractivity contribution in [2.75, 3.05) is 0 Å². The number of carbonyl (C=O) groups excluding carboxylic acids is 2. The van der Waals surface area contributed by atoms with E-state index in [0.717, 1.165) is 16.8 Å². The molecule has 2 amide bonds. The van der Waals surface area contributed by atoms with Crippen molar-refractivity contribution in [3.05, 3.63) is 78.7 Å². The zero-order valence-corrected chi connectivity index (χ0v) is 16.9. The maximum Gasteiger partial charge on any atom is 0.288 e. The summed E-state index contributed by atoms with van der Waals surface area (Å²) in [6.45, 7) is 0. The third kappa shape index (κ3) is 4.33. The molecule has 1 aliphatic rings. The number of rotatable bonds is 4. The number of hydrogen-bond acceptors (Lipinski definition) is 6. The van der Waals surface area contributed by atoms with Gasteiger partial charge in [-0.15, -0.1) is 0 Å². The van der Waals surface area contributed by atoms with Crippen molar-refractivity contribution in [2.45, 2.75) is 0 Å². The van der Waals surface area contributed by atoms with Crippen molar-refractivity contribution in [2.24, 2.45) is 0 Å². The molecule has 1 aliphatic heterocycles. The van der Waals surface area contributed by atoms with Crippen molar-refractivity contribution in [3.63, 3.8) is 0 Å². The third-order valence-corrected chi connectivity index (χ3v) is 5.45. The van der Waals surface area contributed by atoms with E-state index in [-0.39, 0.29) is 19.9 Å². The van der Waals surface area contributed by atoms with Crippen molar-refractivity contribution in [1.82, 2.24) is 10.4 Å². The van der Waals surface area contributed by atoms with Crippen LogP contribution in [0.4, 0.5) is 5.69 Å². The Kier molecular flexibility index (Phi) is 5.99. The molecule has 1 heterocycles. The molecule has 2 aromatic rings. The van der Waals surface area contributed by atoms with Gasteiger partial charge in [0, 0.05) is 16.7 Å². The van der Waals surface area contributed by atoms with Gasteiger partial charge in [-0.05, 0) is 54.2 Å². The molecule has 1 fully saturated rings. The molecule has 2 aromatic carbocycles. The lowest BCUT2D eigenvalue weighted by molar-refractivity contribution is -0.384. The molecular formula is C17H9Cl2N3O4S2. The number of hydrogen-bond donors (Lipinski definition) is 1. The van der Waals surface area contributed by atoms with Gasteiger partial charge < -0.3 is 0 Å². The number of nitrogens with one attached hydrogen (secondary N) is 1. The minimum atomic E-state index is -0.614. The van der Waals surface area contributed by atoms with Gasteiger partial charge in [0.05, 0.1) is 9.83 Å². The van der Waals surface area contributed by atoms with E-state index in [9.17, 15) is 19.7 Å². The zero-order valence-electron chi connectivity index (χ0n) is 13.7. The van der Waals surface area contributed by atoms with E-state index >= 15 is 0 Å². The van der Waals surface area contributed by atoms with E-state index in [1.807, 2.05) is 0 Å². The van der Waals surface area contributed by atoms with Crippen LogP contribution in [0.1, 0.15) is 15.9 Å². The predicted octanol–water partition coefficient (Wildman–Crippen LogP) is 4.45. The van der Waals surface area contributed by atoms with Crippen LogP contribution in [0.25, 0.3) is 6.08 Å². The highest BCUT2D eigenvalue weighted by Gasteiger charge is 2.34. The van der Waals surface area contributed by atoms with Crippen LogP contribution in [-0.2, 0) is 4.79 Å². The third-order valence-electron chi connectivity index (χ3n) is 3.58. The monoisotopic (exact) mass is 453 g/mol. The zero-order chi connectivity index (χ0) is 20.4. The molecule has 142 valence electrons. The second kappa shape index (κ2) is 8.27. The molecule has 0 aromatic heterocycles. The highest BCUT2D eigenvalue weighted by atomic mass is 35.5. The van der Waals surface area contributed by atoms with Crippen molar-refractivity contribution in [3.8, 4) is 0 Å². The molecule has 0 bridgehead atoms. The van der Waals surface area contributed by atoms with E-state index in [4.69, 9.17) is 35.4 Å². The average Bonchev–Trinajstić information content (AvgIpc) is 2.91. The molecule has 1 saturated heterocycles. The molecule has 0 radical (unpaired) electrons. The number of nitro benzene ring substituents is 1. The number of carbonyl (C=O) groups is 2. The Bertz CT molecular complexity index is 1040. The van der Waals surface area contributed by atoms with Gasteiger partial charge in [0.1, 0.15) is 5.02 Å². The van der Waals surface area contributed by atoms with Crippen LogP contribution in [0.3, 0.4) is 0 Å². The minimum Gasteiger partial charge on any atom is -0.267 e. The molecule has 3 rings (SSSR count). The molecule has 11 heteroatoms. The number of nitrogens with zero attached hydrogens (tertiary/aromatic N) is 2. The van der Waals surface area contributed by atoms with E-state index in [1.165, 1.54) is 36.4 Å². The second-order valence-electron chi connectivity index (χ2n) is 5.43. The largest absolute Gasteiger partial charge is 0.288 e. The first kappa shape index (κ1) is 20.3. The van der Waals surface area contributed by atoms with Crippen molar-refractivity contribution in [1.29, 1.82) is 0 Å². The fraction of sp³-hybridized carbons (Fsp3) is 0. The van der Waals surface area contributed by atoms with Crippen LogP contribution >= 0.6 is 47.2 Å². The van der Waals surface area contributed by atoms with Gasteiger partial charge in [0.25, 0.3) is 17.5 Å². The quantitative estimate of drug-likeness (QED) is 0.318. The number of halogens is 2. The fourth-order valence-electron chi connectivity index (χ4n) is 2.24. The molecule has 28 heavy (non-hydrogen) atoms. The Labute approximate surface area is 178 Å². The Morgan fingerprint density at radius 2 is 1.89 bits per heavy atom. The van der Waals surface area contributed by atoms with Gasteiger partial charge >= 0.3 is 0 Å². The number of thiocarbonyl (C=S) groups is 1. The van der Waals surface area contributed by atoms with Crippen molar-refractivity contribution < 1.29 is 14.5 Å². The van der Waals surface area contributed by atoms with Gasteiger partial charge in [-0.1, -0.05) is 41.0 Å². The van der Waals surface area contributed by atoms with E-state index in [2.05, 4.69) is 5.43 Å². The summed E-state index contributed by atoms with van der Waals surface area (Å²) in [5.74, 6) is -1.08. The molecule has 0 unspecified atom stereocenters. The van der Waals surface area contributed by atoms with E-state index in [0.29, 0.717) is 16.1 Å². The average molecular weight is 454 g/mol. The normalized spacial score (nSPS) is 15.2. The lowest BCUT2D eigenvalue weighted by Gasteiger charge is -2.15. The molecule has 0 spiro atoms. The molecule has 7 nitrogen and oxygen atoms in total. The van der Waals surface area contributed by atoms with Crippen molar-refractivity contribution >= 4 is 75.1 Å². The first-order valence-corrected chi connectivity index (χ1v) is 9.53. The van der Waals surface area contributed by atoms with Crippen LogP contribution in [0.2, 0.25) is 10.0 Å². The summed E-state index contributed by atoms with van der Waals surface area (Å²) in [6.07, 6.45) is 1.44. The first-order valence-electron chi connectivity index (χ1n) is 7.54. The SMILES string of the molecule is O=C(NN1C(=O)/C(=C/c2ccc(Cl)c([N+](=O)[O-])c2)SC1=S)c1ccc(Cl)cc1. The highest BCUT2D eigenvalue weighted by molar-refractivity contribution is 8.26. The summed E-state index contributed by atoms with van der Waals surface area (Å²) in [5, 5.41) is 12.4. The fourth-order valence-corrected chi connectivity index (χ4v) is 3.73. The summed E-state index contributed by atoms with van der Waals surface area (Å²) in [7, 11) is 0. The molecule has 0 atom stereocenters. The standard InChI is InChI=1S/C17H9Cl2N3O4S2/c18-11-4-2-10(3-5-11)15(23)20-21-16(24)14(28-17(21)27)8-9-1-6-12(19)13(7-9)22(25)26/h1-8H,(H,20,23)/b14-8-. The summed E-state index contributed by atoms with van der Waals surface area (Å²) < 4.78 is 0.127. The molecule has 0 aliphatic carbocycles. The van der Waals surface area contributed by atoms with Crippen LogP contribution in [0, 0.1) is 10.1 Å². The molecule has 0 saturated carbocycles. The summed E-state index contributed by atoms with van der Waals surface area (Å²) >= 11 is 17.7. The maximum atomic E-state index is 12.6. The van der Waals surface area contributed by atoms with E-state index < -0.39 is 16.7 Å². The Hall–Kier alpha value is -2.46. The lowest BCUT2D eigenvalue weighted by Crippen LogP contribution is -2.44. The summed E-state index contributed by atoms with van der Waals surface area (Å²) in [6, 6.07) is 10.3. The predicted molar refractivity (Wildman–Crippen MR) is 112 cm³/mol. The maximum absolute atomic E-state index is 12.6. The van der Waals surface area contributed by atoms with Crippen LogP contribution in [0.15, 0.2) is 47.4 Å². The van der Waals surface area contributed by atoms with Gasteiger partial charge in [-0.25, -0.2) is 0 Å². The Balaban J connectivity index is 1.80. The van der Waals surface area contributed by atoms with Gasteiger partial charge in [0.15, 0.2) is 4.32 Å². The summed E-state index contributed by atoms with van der Waals surface area (Å²) in [4.78, 5) is 35.5. The van der Waals surface area contributed by atoms with Gasteiger partial charge in [-0.3, -0.25) is 25.1 Å². The summed E-state index contributed by atoms with van der Waals surface area (Å²) in [5.41, 5.74) is 2.87. The molecular weight excluding hydrogens is 445 g/mol. The Morgan fingerprint density at radius 3 is 2.54 bits per heavy atom. The number of thioether (sulfide) groups is 1. The number of benzene rings is 2. The van der Waals surface area contributed by atoms with Crippen LogP contribution < -0.4 is 5.43 Å². The topological polar surface area (TPSA) is 92.6 Å². The smallest absolute Gasteiger partial charge is 0.267 e. The molecule has 1 N–H and O–H groups in total. The Morgan fingerprint density at radius 1 is 1.21 bits per heavy atom. The number of nitro groups is 1. The van der Waals surface area contributed by atoms with E-state index in [1.54, 1.807) is 12.1 Å². The van der Waals surface area contributed by atoms with Gasteiger partial charge in [-0.2, -0.15) is 5.01 Å². The lowest BCUT2D eigenvalue weighted by atomic mass is 10.2. The number of hydrazine groups is 1. The highest BCUT2D eigenvalue weighted by Crippen LogP contribution is 2.33. The van der Waals surface area contributed by atoms with Gasteiger partial charge in [0.2, 0.25) is 0 Å². The van der Waals surface area contributed by atoms with Crippen LogP contribution in [-0.4, -0.2) is 26.1 Å². The first-order chi connectivity index (χ1) is 13.3. The number of amides is 2.